The van der Waals surface area contributed by atoms with Crippen molar-refractivity contribution < 1.29 is 8.42 Å². The lowest BCUT2D eigenvalue weighted by atomic mass is 10.0. The van der Waals surface area contributed by atoms with Crippen LogP contribution < -0.4 is 10.0 Å². The predicted molar refractivity (Wildman–Crippen MR) is 87.2 cm³/mol. The molecule has 0 aromatic heterocycles. The first-order valence-corrected chi connectivity index (χ1v) is 8.74. The molecule has 0 spiro atoms. The Balaban J connectivity index is 0.00000200. The molecule has 4 nitrogen and oxygen atoms in total. The molecule has 1 saturated heterocycles. The summed E-state index contributed by atoms with van der Waals surface area (Å²) in [6.45, 7) is 2.89. The Bertz CT molecular complexity index is 569. The Morgan fingerprint density at radius 2 is 2.15 bits per heavy atom. The second-order valence-corrected chi connectivity index (χ2v) is 7.75. The monoisotopic (exact) mass is 402 g/mol. The molecule has 2 unspecified atom stereocenters. The maximum absolute atomic E-state index is 12.3. The van der Waals surface area contributed by atoms with Crippen molar-refractivity contribution >= 4 is 50.0 Å². The number of piperidine rings is 1. The fraction of sp³-hybridized carbons (Fsp3) is 0.500. The Hall–Kier alpha value is 0.150. The van der Waals surface area contributed by atoms with E-state index >= 15 is 0 Å². The van der Waals surface area contributed by atoms with E-state index in [1.807, 2.05) is 0 Å². The molecule has 1 aromatic rings. The lowest BCUT2D eigenvalue weighted by Crippen LogP contribution is -2.46. The molecule has 0 saturated carbocycles. The van der Waals surface area contributed by atoms with Crippen LogP contribution in [-0.2, 0) is 10.0 Å². The van der Waals surface area contributed by atoms with Crippen molar-refractivity contribution in [3.8, 4) is 0 Å². The van der Waals surface area contributed by atoms with Gasteiger partial charge in [-0.2, -0.15) is 0 Å². The zero-order chi connectivity index (χ0) is 14.0. The van der Waals surface area contributed by atoms with E-state index in [0.29, 0.717) is 15.5 Å². The zero-order valence-corrected chi connectivity index (χ0v) is 14.9. The molecule has 2 N–H and O–H groups in total. The van der Waals surface area contributed by atoms with E-state index in [2.05, 4.69) is 32.9 Å². The SMILES string of the molecule is CC1CC(NS(=O)(=O)c2ccc(Cl)c(Br)c2)CCN1.Cl. The number of halogens is 3. The van der Waals surface area contributed by atoms with E-state index < -0.39 is 10.0 Å². The van der Waals surface area contributed by atoms with Crippen molar-refractivity contribution in [3.63, 3.8) is 0 Å². The summed E-state index contributed by atoms with van der Waals surface area (Å²) in [5.74, 6) is 0. The van der Waals surface area contributed by atoms with Gasteiger partial charge in [-0.15, -0.1) is 12.4 Å². The van der Waals surface area contributed by atoms with Crippen LogP contribution in [-0.4, -0.2) is 27.0 Å². The summed E-state index contributed by atoms with van der Waals surface area (Å²) in [5, 5.41) is 3.79. The molecule has 2 rings (SSSR count). The molecule has 0 aliphatic carbocycles. The normalized spacial score (nSPS) is 23.1. The molecular weight excluding hydrogens is 387 g/mol. The molecule has 1 heterocycles. The van der Waals surface area contributed by atoms with E-state index in [4.69, 9.17) is 11.6 Å². The number of hydrogen-bond donors (Lipinski definition) is 2. The molecule has 1 aliphatic rings. The summed E-state index contributed by atoms with van der Waals surface area (Å²) in [6.07, 6.45) is 1.60. The maximum atomic E-state index is 12.3. The summed E-state index contributed by atoms with van der Waals surface area (Å²) in [4.78, 5) is 0.231. The van der Waals surface area contributed by atoms with Gasteiger partial charge in [0.1, 0.15) is 0 Å². The van der Waals surface area contributed by atoms with E-state index in [1.165, 1.54) is 12.1 Å². The van der Waals surface area contributed by atoms with Crippen molar-refractivity contribution in [2.24, 2.45) is 0 Å². The predicted octanol–water partition coefficient (Wildman–Crippen LogP) is 2.94. The Labute approximate surface area is 139 Å². The first-order chi connectivity index (χ1) is 8.88. The molecule has 114 valence electrons. The number of hydrogen-bond acceptors (Lipinski definition) is 3. The molecule has 1 fully saturated rings. The fourth-order valence-corrected chi connectivity index (χ4v) is 4.13. The quantitative estimate of drug-likeness (QED) is 0.815. The smallest absolute Gasteiger partial charge is 0.240 e. The van der Waals surface area contributed by atoms with Gasteiger partial charge in [0.15, 0.2) is 0 Å². The van der Waals surface area contributed by atoms with Crippen LogP contribution in [0.3, 0.4) is 0 Å². The van der Waals surface area contributed by atoms with Gasteiger partial charge in [0, 0.05) is 16.6 Å². The summed E-state index contributed by atoms with van der Waals surface area (Å²) in [6, 6.07) is 4.93. The third-order valence-corrected chi connectivity index (χ3v) is 5.88. The van der Waals surface area contributed by atoms with Gasteiger partial charge in [0.05, 0.1) is 9.92 Å². The highest BCUT2D eigenvalue weighted by Gasteiger charge is 2.24. The Morgan fingerprint density at radius 1 is 1.45 bits per heavy atom. The topological polar surface area (TPSA) is 58.2 Å². The van der Waals surface area contributed by atoms with E-state index in [0.717, 1.165) is 19.4 Å². The van der Waals surface area contributed by atoms with E-state index in [-0.39, 0.29) is 23.3 Å². The van der Waals surface area contributed by atoms with Crippen molar-refractivity contribution in [2.75, 3.05) is 6.54 Å². The minimum atomic E-state index is -3.49. The van der Waals surface area contributed by atoms with Crippen LogP contribution in [0.2, 0.25) is 5.02 Å². The van der Waals surface area contributed by atoms with Gasteiger partial charge in [-0.25, -0.2) is 13.1 Å². The molecule has 1 aromatic carbocycles. The Kier molecular flexibility index (Phi) is 6.76. The minimum absolute atomic E-state index is 0. The molecule has 0 amide bonds. The largest absolute Gasteiger partial charge is 0.314 e. The molecule has 0 bridgehead atoms. The Morgan fingerprint density at radius 3 is 2.75 bits per heavy atom. The van der Waals surface area contributed by atoms with Crippen LogP contribution >= 0.6 is 39.9 Å². The average molecular weight is 404 g/mol. The number of rotatable bonds is 3. The molecule has 8 heteroatoms. The van der Waals surface area contributed by atoms with Crippen LogP contribution in [0.25, 0.3) is 0 Å². The fourth-order valence-electron chi connectivity index (χ4n) is 2.17. The van der Waals surface area contributed by atoms with Crippen LogP contribution in [0.15, 0.2) is 27.6 Å². The van der Waals surface area contributed by atoms with Gasteiger partial charge in [-0.3, -0.25) is 0 Å². The summed E-state index contributed by atoms with van der Waals surface area (Å²) in [7, 11) is -3.49. The van der Waals surface area contributed by atoms with Gasteiger partial charge < -0.3 is 5.32 Å². The first kappa shape index (κ1) is 18.2. The van der Waals surface area contributed by atoms with Crippen molar-refractivity contribution in [1.29, 1.82) is 0 Å². The third kappa shape index (κ3) is 4.58. The van der Waals surface area contributed by atoms with Crippen LogP contribution in [0.4, 0.5) is 0 Å². The highest BCUT2D eigenvalue weighted by Crippen LogP contribution is 2.25. The molecule has 2 atom stereocenters. The van der Waals surface area contributed by atoms with Crippen LogP contribution in [0.5, 0.6) is 0 Å². The van der Waals surface area contributed by atoms with Gasteiger partial charge >= 0.3 is 0 Å². The van der Waals surface area contributed by atoms with Crippen molar-refractivity contribution in [3.05, 3.63) is 27.7 Å². The third-order valence-electron chi connectivity index (χ3n) is 3.15. The minimum Gasteiger partial charge on any atom is -0.314 e. The van der Waals surface area contributed by atoms with Gasteiger partial charge in [0.25, 0.3) is 0 Å². The first-order valence-electron chi connectivity index (χ1n) is 6.09. The van der Waals surface area contributed by atoms with Gasteiger partial charge in [-0.05, 0) is 60.4 Å². The van der Waals surface area contributed by atoms with Gasteiger partial charge in [-0.1, -0.05) is 11.6 Å². The number of nitrogens with one attached hydrogen (secondary N) is 2. The van der Waals surface area contributed by atoms with Gasteiger partial charge in [0.2, 0.25) is 10.0 Å². The second kappa shape index (κ2) is 7.42. The highest BCUT2D eigenvalue weighted by molar-refractivity contribution is 9.10. The van der Waals surface area contributed by atoms with Crippen LogP contribution in [0.1, 0.15) is 19.8 Å². The number of sulfonamides is 1. The standard InChI is InChI=1S/C12H16BrClN2O2S.ClH/c1-8-6-9(4-5-15-8)16-19(17,18)10-2-3-12(14)11(13)7-10;/h2-3,7-9,15-16H,4-6H2,1H3;1H. The lowest BCUT2D eigenvalue weighted by molar-refractivity contribution is 0.361. The number of benzene rings is 1. The summed E-state index contributed by atoms with van der Waals surface area (Å²) < 4.78 is 27.9. The average Bonchev–Trinajstić information content (AvgIpc) is 2.32. The van der Waals surface area contributed by atoms with E-state index in [1.54, 1.807) is 6.07 Å². The maximum Gasteiger partial charge on any atom is 0.240 e. The molecule has 1 aliphatic heterocycles. The second-order valence-electron chi connectivity index (χ2n) is 4.77. The summed E-state index contributed by atoms with van der Waals surface area (Å²) in [5.41, 5.74) is 0. The highest BCUT2D eigenvalue weighted by atomic mass is 79.9. The van der Waals surface area contributed by atoms with Crippen LogP contribution in [0, 0.1) is 0 Å². The molecule has 0 radical (unpaired) electrons. The van der Waals surface area contributed by atoms with Crippen molar-refractivity contribution in [2.45, 2.75) is 36.7 Å². The van der Waals surface area contributed by atoms with E-state index in [9.17, 15) is 8.42 Å². The van der Waals surface area contributed by atoms with Crippen molar-refractivity contribution in [1.82, 2.24) is 10.0 Å². The lowest BCUT2D eigenvalue weighted by Gasteiger charge is -2.28. The molecular formula is C12H17BrCl2N2O2S. The summed E-state index contributed by atoms with van der Waals surface area (Å²) >= 11 is 9.11. The zero-order valence-electron chi connectivity index (χ0n) is 10.9. The molecule has 20 heavy (non-hydrogen) atoms.